The van der Waals surface area contributed by atoms with Crippen molar-refractivity contribution in [1.82, 2.24) is 10.2 Å². The third-order valence-corrected chi connectivity index (χ3v) is 3.88. The van der Waals surface area contributed by atoms with Crippen molar-refractivity contribution < 1.29 is 9.72 Å². The minimum Gasteiger partial charge on any atom is -0.342 e. The van der Waals surface area contributed by atoms with Crippen molar-refractivity contribution in [3.05, 3.63) is 38.3 Å². The maximum absolute atomic E-state index is 11.8. The molecule has 0 saturated carbocycles. The Bertz CT molecular complexity index is 490. The molecule has 20 heavy (non-hydrogen) atoms. The van der Waals surface area contributed by atoms with Crippen molar-refractivity contribution >= 4 is 27.5 Å². The van der Waals surface area contributed by atoms with Crippen LogP contribution in [-0.4, -0.2) is 35.4 Å². The number of nitrogens with zero attached hydrogens (tertiary/aromatic N) is 2. The number of amides is 1. The van der Waals surface area contributed by atoms with E-state index in [2.05, 4.69) is 21.2 Å². The summed E-state index contributed by atoms with van der Waals surface area (Å²) < 4.78 is 0.452. The molecule has 0 spiro atoms. The topological polar surface area (TPSA) is 75.5 Å². The summed E-state index contributed by atoms with van der Waals surface area (Å²) in [7, 11) is 0. The van der Waals surface area contributed by atoms with Gasteiger partial charge in [0, 0.05) is 25.7 Å². The Morgan fingerprint density at radius 2 is 2.05 bits per heavy atom. The molecule has 0 unspecified atom stereocenters. The van der Waals surface area contributed by atoms with Gasteiger partial charge in [-0.2, -0.15) is 0 Å². The van der Waals surface area contributed by atoms with Gasteiger partial charge in [-0.15, -0.1) is 0 Å². The summed E-state index contributed by atoms with van der Waals surface area (Å²) in [5, 5.41) is 13.8. The molecular formula is C13H18BrN3O3. The highest BCUT2D eigenvalue weighted by Crippen LogP contribution is 2.27. The van der Waals surface area contributed by atoms with E-state index in [1.807, 2.05) is 13.8 Å². The van der Waals surface area contributed by atoms with Gasteiger partial charge in [0.1, 0.15) is 0 Å². The fourth-order valence-electron chi connectivity index (χ4n) is 1.84. The Balaban J connectivity index is 2.61. The molecule has 0 radical (unpaired) electrons. The standard InChI is InChI=1S/C13H18BrN3O3/c1-3-16(4-2)12(18)9-15-8-10-6-5-7-11(13(10)14)17(19)20/h5-7,15H,3-4,8-9H2,1-2H3. The summed E-state index contributed by atoms with van der Waals surface area (Å²) in [6.45, 7) is 5.83. The molecule has 0 atom stereocenters. The number of halogens is 1. The second-order valence-corrected chi connectivity index (χ2v) is 4.97. The number of hydrogen-bond acceptors (Lipinski definition) is 4. The number of benzene rings is 1. The smallest absolute Gasteiger partial charge is 0.283 e. The first-order chi connectivity index (χ1) is 9.51. The number of rotatable bonds is 7. The fraction of sp³-hybridized carbons (Fsp3) is 0.462. The molecule has 0 fully saturated rings. The van der Waals surface area contributed by atoms with E-state index in [4.69, 9.17) is 0 Å². The summed E-state index contributed by atoms with van der Waals surface area (Å²) in [4.78, 5) is 23.9. The summed E-state index contributed by atoms with van der Waals surface area (Å²) in [5.41, 5.74) is 0.783. The lowest BCUT2D eigenvalue weighted by Crippen LogP contribution is -2.37. The summed E-state index contributed by atoms with van der Waals surface area (Å²) in [6.07, 6.45) is 0. The highest BCUT2D eigenvalue weighted by atomic mass is 79.9. The van der Waals surface area contributed by atoms with Gasteiger partial charge in [0.15, 0.2) is 0 Å². The first-order valence-electron chi connectivity index (χ1n) is 6.41. The molecule has 110 valence electrons. The van der Waals surface area contributed by atoms with Crippen molar-refractivity contribution in [2.75, 3.05) is 19.6 Å². The van der Waals surface area contributed by atoms with Gasteiger partial charge in [0.05, 0.1) is 15.9 Å². The monoisotopic (exact) mass is 343 g/mol. The number of nitro groups is 1. The lowest BCUT2D eigenvalue weighted by Gasteiger charge is -2.18. The molecule has 1 aromatic carbocycles. The molecule has 1 amide bonds. The van der Waals surface area contributed by atoms with Gasteiger partial charge in [-0.3, -0.25) is 14.9 Å². The van der Waals surface area contributed by atoms with Crippen molar-refractivity contribution in [2.24, 2.45) is 0 Å². The van der Waals surface area contributed by atoms with E-state index in [-0.39, 0.29) is 18.1 Å². The maximum Gasteiger partial charge on any atom is 0.283 e. The molecule has 0 saturated heterocycles. The lowest BCUT2D eigenvalue weighted by atomic mass is 10.2. The van der Waals surface area contributed by atoms with Gasteiger partial charge < -0.3 is 10.2 Å². The predicted molar refractivity (Wildman–Crippen MR) is 80.4 cm³/mol. The van der Waals surface area contributed by atoms with E-state index in [0.29, 0.717) is 24.1 Å². The number of carbonyl (C=O) groups excluding carboxylic acids is 1. The van der Waals surface area contributed by atoms with Crippen LogP contribution in [0.4, 0.5) is 5.69 Å². The second-order valence-electron chi connectivity index (χ2n) is 4.18. The van der Waals surface area contributed by atoms with Crippen LogP contribution >= 0.6 is 15.9 Å². The number of nitrogens with one attached hydrogen (secondary N) is 1. The lowest BCUT2D eigenvalue weighted by molar-refractivity contribution is -0.385. The second kappa shape index (κ2) is 7.96. The molecule has 6 nitrogen and oxygen atoms in total. The summed E-state index contributed by atoms with van der Waals surface area (Å²) in [5.74, 6) is 0.0246. The molecule has 0 aliphatic carbocycles. The molecular weight excluding hydrogens is 326 g/mol. The molecule has 0 bridgehead atoms. The minimum atomic E-state index is -0.436. The number of likely N-dealkylation sites (N-methyl/N-ethyl adjacent to an activating group) is 1. The minimum absolute atomic E-state index is 0.0246. The predicted octanol–water partition coefficient (Wildman–Crippen LogP) is 2.32. The van der Waals surface area contributed by atoms with Crippen LogP contribution < -0.4 is 5.32 Å². The quantitative estimate of drug-likeness (QED) is 0.608. The third kappa shape index (κ3) is 4.28. The zero-order chi connectivity index (χ0) is 15.1. The maximum atomic E-state index is 11.8. The van der Waals surface area contributed by atoms with Crippen LogP contribution in [0.15, 0.2) is 22.7 Å². The van der Waals surface area contributed by atoms with Gasteiger partial charge in [-0.25, -0.2) is 0 Å². The molecule has 0 aliphatic rings. The number of carbonyl (C=O) groups is 1. The van der Waals surface area contributed by atoms with Crippen molar-refractivity contribution in [3.8, 4) is 0 Å². The van der Waals surface area contributed by atoms with E-state index >= 15 is 0 Å². The Labute approximate surface area is 126 Å². The van der Waals surface area contributed by atoms with E-state index in [9.17, 15) is 14.9 Å². The van der Waals surface area contributed by atoms with Crippen LogP contribution in [0.1, 0.15) is 19.4 Å². The molecule has 1 aromatic rings. The molecule has 0 heterocycles. The Morgan fingerprint density at radius 3 is 2.60 bits per heavy atom. The molecule has 0 aliphatic heterocycles. The van der Waals surface area contributed by atoms with Crippen molar-refractivity contribution in [1.29, 1.82) is 0 Å². The molecule has 7 heteroatoms. The van der Waals surface area contributed by atoms with Crippen LogP contribution in [-0.2, 0) is 11.3 Å². The largest absolute Gasteiger partial charge is 0.342 e. The van der Waals surface area contributed by atoms with Crippen LogP contribution in [0.2, 0.25) is 0 Å². The zero-order valence-corrected chi connectivity index (χ0v) is 13.1. The molecule has 0 aromatic heterocycles. The highest BCUT2D eigenvalue weighted by molar-refractivity contribution is 9.10. The van der Waals surface area contributed by atoms with Gasteiger partial charge in [-0.1, -0.05) is 12.1 Å². The summed E-state index contributed by atoms with van der Waals surface area (Å²) in [6, 6.07) is 4.85. The van der Waals surface area contributed by atoms with Crippen LogP contribution in [0.25, 0.3) is 0 Å². The SMILES string of the molecule is CCN(CC)C(=O)CNCc1cccc([N+](=O)[O-])c1Br. The number of hydrogen-bond donors (Lipinski definition) is 1. The molecule has 1 N–H and O–H groups in total. The normalized spacial score (nSPS) is 10.3. The first kappa shape index (κ1) is 16.6. The van der Waals surface area contributed by atoms with Crippen LogP contribution in [0.3, 0.4) is 0 Å². The van der Waals surface area contributed by atoms with Gasteiger partial charge in [-0.05, 0) is 35.3 Å². The Morgan fingerprint density at radius 1 is 1.40 bits per heavy atom. The van der Waals surface area contributed by atoms with Gasteiger partial charge >= 0.3 is 0 Å². The zero-order valence-electron chi connectivity index (χ0n) is 11.6. The Kier molecular flexibility index (Phi) is 6.60. The highest BCUT2D eigenvalue weighted by Gasteiger charge is 2.15. The van der Waals surface area contributed by atoms with Crippen LogP contribution in [0, 0.1) is 10.1 Å². The van der Waals surface area contributed by atoms with E-state index in [0.717, 1.165) is 5.56 Å². The number of nitro benzene ring substituents is 1. The Hall–Kier alpha value is -1.47. The fourth-order valence-corrected chi connectivity index (χ4v) is 2.39. The first-order valence-corrected chi connectivity index (χ1v) is 7.20. The van der Waals surface area contributed by atoms with E-state index in [1.165, 1.54) is 6.07 Å². The van der Waals surface area contributed by atoms with Crippen LogP contribution in [0.5, 0.6) is 0 Å². The average Bonchev–Trinajstić information content (AvgIpc) is 2.41. The van der Waals surface area contributed by atoms with Gasteiger partial charge in [0.25, 0.3) is 5.69 Å². The van der Waals surface area contributed by atoms with E-state index < -0.39 is 4.92 Å². The van der Waals surface area contributed by atoms with Crippen molar-refractivity contribution in [3.63, 3.8) is 0 Å². The van der Waals surface area contributed by atoms with Gasteiger partial charge in [0.2, 0.25) is 5.91 Å². The summed E-state index contributed by atoms with van der Waals surface area (Å²) >= 11 is 3.23. The van der Waals surface area contributed by atoms with E-state index in [1.54, 1.807) is 17.0 Å². The molecule has 1 rings (SSSR count). The average molecular weight is 344 g/mol. The third-order valence-electron chi connectivity index (χ3n) is 2.96. The van der Waals surface area contributed by atoms with Crippen molar-refractivity contribution in [2.45, 2.75) is 20.4 Å².